The molecule has 1 saturated heterocycles. The molecule has 2 N–H and O–H groups in total. The van der Waals surface area contributed by atoms with Gasteiger partial charge in [0.1, 0.15) is 5.69 Å². The van der Waals surface area contributed by atoms with Gasteiger partial charge in [0.05, 0.1) is 28.0 Å². The number of fused-ring (bicyclic) bond motifs is 1. The van der Waals surface area contributed by atoms with Gasteiger partial charge in [-0.3, -0.25) is 14.9 Å². The summed E-state index contributed by atoms with van der Waals surface area (Å²) in [7, 11) is -4.39. The summed E-state index contributed by atoms with van der Waals surface area (Å²) in [4.78, 5) is 27.2. The smallest absolute Gasteiger partial charge is 0.293 e. The van der Waals surface area contributed by atoms with E-state index < -0.39 is 26.5 Å². The molecule has 47 heavy (non-hydrogen) atoms. The van der Waals surface area contributed by atoms with E-state index in [1.54, 1.807) is 47.4 Å². The van der Waals surface area contributed by atoms with E-state index >= 15 is 0 Å². The molecule has 0 unspecified atom stereocenters. The van der Waals surface area contributed by atoms with Crippen molar-refractivity contribution in [1.82, 2.24) is 4.72 Å². The number of sulfonamides is 1. The van der Waals surface area contributed by atoms with Crippen LogP contribution >= 0.6 is 23.1 Å². The average Bonchev–Trinajstić information content (AvgIpc) is 3.42. The minimum atomic E-state index is -4.39. The molecule has 1 amide bonds. The number of anilines is 2. The molecule has 0 aliphatic carbocycles. The molecule has 4 aromatic carbocycles. The predicted molar refractivity (Wildman–Crippen MR) is 188 cm³/mol. The van der Waals surface area contributed by atoms with Gasteiger partial charge in [0.25, 0.3) is 21.6 Å². The van der Waals surface area contributed by atoms with E-state index in [2.05, 4.69) is 29.3 Å². The van der Waals surface area contributed by atoms with E-state index in [-0.39, 0.29) is 16.1 Å². The molecule has 1 aromatic heterocycles. The quantitative estimate of drug-likeness (QED) is 0.0656. The lowest BCUT2D eigenvalue weighted by atomic mass is 10.0. The summed E-state index contributed by atoms with van der Waals surface area (Å²) in [6.45, 7) is 5.74. The number of carbonyl (C=O) groups excluding carboxylic acids is 1. The van der Waals surface area contributed by atoms with E-state index in [1.807, 2.05) is 41.1 Å². The molecule has 0 radical (unpaired) electrons. The van der Waals surface area contributed by atoms with Crippen LogP contribution in [0.1, 0.15) is 15.9 Å². The molecular formula is C34H32N4O6S3. The fourth-order valence-electron chi connectivity index (χ4n) is 5.36. The molecule has 13 heteroatoms. The van der Waals surface area contributed by atoms with Crippen molar-refractivity contribution in [2.75, 3.05) is 48.8 Å². The maximum absolute atomic E-state index is 13.1. The third-order valence-electron chi connectivity index (χ3n) is 7.82. The Morgan fingerprint density at radius 3 is 2.43 bits per heavy atom. The van der Waals surface area contributed by atoms with Crippen molar-refractivity contribution >= 4 is 65.5 Å². The lowest BCUT2D eigenvalue weighted by Gasteiger charge is -2.28. The van der Waals surface area contributed by atoms with Crippen molar-refractivity contribution in [2.45, 2.75) is 16.7 Å². The van der Waals surface area contributed by atoms with Crippen LogP contribution in [0.15, 0.2) is 101 Å². The Bertz CT molecular complexity index is 2030. The highest BCUT2D eigenvalue weighted by Crippen LogP contribution is 2.40. The minimum absolute atomic E-state index is 0.142. The monoisotopic (exact) mass is 688 g/mol. The van der Waals surface area contributed by atoms with E-state index in [1.165, 1.54) is 32.8 Å². The van der Waals surface area contributed by atoms with Gasteiger partial charge < -0.3 is 15.0 Å². The molecule has 1 aliphatic heterocycles. The van der Waals surface area contributed by atoms with Gasteiger partial charge in [0.2, 0.25) is 0 Å². The summed E-state index contributed by atoms with van der Waals surface area (Å²) in [5.74, 6) is -0.188. The van der Waals surface area contributed by atoms with Gasteiger partial charge in [-0.05, 0) is 77.5 Å². The van der Waals surface area contributed by atoms with Crippen molar-refractivity contribution in [1.29, 1.82) is 0 Å². The first kappa shape index (κ1) is 32.5. The summed E-state index contributed by atoms with van der Waals surface area (Å²) in [6, 6.07) is 26.2. The van der Waals surface area contributed by atoms with Crippen LogP contribution < -0.4 is 14.9 Å². The van der Waals surface area contributed by atoms with Crippen LogP contribution in [0.2, 0.25) is 0 Å². The molecular weight excluding hydrogens is 657 g/mol. The van der Waals surface area contributed by atoms with Crippen molar-refractivity contribution in [3.8, 4) is 11.1 Å². The molecule has 6 rings (SSSR count). The van der Waals surface area contributed by atoms with Gasteiger partial charge in [-0.2, -0.15) is 0 Å². The van der Waals surface area contributed by atoms with Gasteiger partial charge in [0, 0.05) is 46.6 Å². The van der Waals surface area contributed by atoms with Crippen LogP contribution in [0.25, 0.3) is 21.2 Å². The molecule has 2 heterocycles. The summed E-state index contributed by atoms with van der Waals surface area (Å²) in [5, 5.41) is 17.2. The van der Waals surface area contributed by atoms with E-state index in [0.29, 0.717) is 12.3 Å². The summed E-state index contributed by atoms with van der Waals surface area (Å²) >= 11 is 3.36. The number of amides is 1. The van der Waals surface area contributed by atoms with Gasteiger partial charge in [-0.1, -0.05) is 36.4 Å². The molecule has 5 aromatic rings. The Kier molecular flexibility index (Phi) is 9.78. The molecule has 0 spiro atoms. The lowest BCUT2D eigenvalue weighted by molar-refractivity contribution is -0.384. The zero-order valence-electron chi connectivity index (χ0n) is 25.5. The molecule has 0 bridgehead atoms. The number of morpholine rings is 1. The first-order valence-corrected chi connectivity index (χ1v) is 18.2. The number of nitro groups is 1. The lowest BCUT2D eigenvalue weighted by Crippen LogP contribution is -2.35. The minimum Gasteiger partial charge on any atom is -0.379 e. The van der Waals surface area contributed by atoms with Crippen LogP contribution in [-0.4, -0.2) is 57.8 Å². The number of nitro benzene ring substituents is 1. The maximum Gasteiger partial charge on any atom is 0.293 e. The highest BCUT2D eigenvalue weighted by atomic mass is 32.2. The normalized spacial score (nSPS) is 13.4. The Morgan fingerprint density at radius 2 is 1.70 bits per heavy atom. The number of thiophene rings is 1. The second kappa shape index (κ2) is 14.1. The van der Waals surface area contributed by atoms with Crippen molar-refractivity contribution in [3.05, 3.63) is 112 Å². The second-order valence-corrected chi connectivity index (χ2v) is 14.8. The topological polar surface area (TPSA) is 131 Å². The zero-order chi connectivity index (χ0) is 33.0. The van der Waals surface area contributed by atoms with Crippen LogP contribution in [0.3, 0.4) is 0 Å². The average molecular weight is 689 g/mol. The molecule has 10 nitrogen and oxygen atoms in total. The Hall–Kier alpha value is -4.43. The van der Waals surface area contributed by atoms with Crippen LogP contribution in [0, 0.1) is 17.0 Å². The second-order valence-electron chi connectivity index (χ2n) is 10.9. The number of aryl methyl sites for hydroxylation is 1. The Morgan fingerprint density at radius 1 is 0.979 bits per heavy atom. The number of carbonyl (C=O) groups is 1. The number of nitrogens with one attached hydrogen (secondary N) is 2. The van der Waals surface area contributed by atoms with Gasteiger partial charge in [-0.15, -0.1) is 23.1 Å². The van der Waals surface area contributed by atoms with Gasteiger partial charge in [-0.25, -0.2) is 13.1 Å². The Labute approximate surface area is 281 Å². The third-order valence-corrected chi connectivity index (χ3v) is 11.5. The number of hydrogen-bond acceptors (Lipinski definition) is 10. The van der Waals surface area contributed by atoms with E-state index in [0.717, 1.165) is 48.4 Å². The van der Waals surface area contributed by atoms with Crippen LogP contribution in [0.5, 0.6) is 0 Å². The Balaban J connectivity index is 1.12. The van der Waals surface area contributed by atoms with Crippen molar-refractivity contribution < 1.29 is 22.9 Å². The number of ether oxygens (including phenoxy) is 1. The van der Waals surface area contributed by atoms with Crippen molar-refractivity contribution in [2.24, 2.45) is 0 Å². The fraction of sp³-hybridized carbons (Fsp3) is 0.206. The van der Waals surface area contributed by atoms with Gasteiger partial charge >= 0.3 is 0 Å². The number of thioether (sulfide) groups is 1. The van der Waals surface area contributed by atoms with Crippen LogP contribution in [0.4, 0.5) is 16.4 Å². The first-order chi connectivity index (χ1) is 22.7. The molecule has 1 fully saturated rings. The van der Waals surface area contributed by atoms with E-state index in [4.69, 9.17) is 4.74 Å². The highest BCUT2D eigenvalue weighted by molar-refractivity contribution is 7.99. The molecule has 242 valence electrons. The van der Waals surface area contributed by atoms with Crippen LogP contribution in [-0.2, 0) is 14.8 Å². The first-order valence-electron chi connectivity index (χ1n) is 14.9. The SMILES string of the molecule is Cc1c(N2CCOCC2)sc2ccc(-c3ccc(C(=O)NS(=O)(=O)c4ccc(NCCSc5ccccc5)c([N+](=O)[O-])c4)cc3)cc12. The number of rotatable bonds is 11. The number of benzene rings is 4. The highest BCUT2D eigenvalue weighted by Gasteiger charge is 2.24. The standard InChI is InChI=1S/C34H32N4O6S3/c1-23-29-21-26(11-14-32(29)46-34(23)37-16-18-44-19-17-37)24-7-9-25(10-8-24)33(39)36-47(42,43)28-12-13-30(31(22-28)38(40)41)35-15-20-45-27-5-3-2-4-6-27/h2-14,21-22,35H,15-20H2,1H3,(H,36,39). The largest absolute Gasteiger partial charge is 0.379 e. The van der Waals surface area contributed by atoms with Gasteiger partial charge in [0.15, 0.2) is 0 Å². The zero-order valence-corrected chi connectivity index (χ0v) is 27.9. The number of nitrogens with zero attached hydrogens (tertiary/aromatic N) is 2. The fourth-order valence-corrected chi connectivity index (χ4v) is 8.38. The summed E-state index contributed by atoms with van der Waals surface area (Å²) in [5.41, 5.74) is 3.02. The molecule has 0 saturated carbocycles. The van der Waals surface area contributed by atoms with E-state index in [9.17, 15) is 23.3 Å². The number of hydrogen-bond donors (Lipinski definition) is 2. The summed E-state index contributed by atoms with van der Waals surface area (Å²) in [6.07, 6.45) is 0. The molecule has 1 aliphatic rings. The maximum atomic E-state index is 13.1. The molecule has 0 atom stereocenters. The predicted octanol–water partition coefficient (Wildman–Crippen LogP) is 6.94. The summed E-state index contributed by atoms with van der Waals surface area (Å²) < 4.78 is 34.9. The third kappa shape index (κ3) is 7.43. The van der Waals surface area contributed by atoms with Crippen molar-refractivity contribution in [3.63, 3.8) is 0 Å².